The highest BCUT2D eigenvalue weighted by atomic mass is 16.5. The summed E-state index contributed by atoms with van der Waals surface area (Å²) in [5, 5.41) is 7.32. The molecule has 0 aliphatic carbocycles. The van der Waals surface area contributed by atoms with Gasteiger partial charge in [0.05, 0.1) is 13.3 Å². The number of esters is 1. The van der Waals surface area contributed by atoms with Gasteiger partial charge >= 0.3 is 5.97 Å². The van der Waals surface area contributed by atoms with Crippen LogP contribution in [-0.4, -0.2) is 53.3 Å². The van der Waals surface area contributed by atoms with Crippen LogP contribution in [0.4, 0.5) is 5.82 Å². The van der Waals surface area contributed by atoms with Crippen molar-refractivity contribution in [3.05, 3.63) is 29.7 Å². The number of hydrogen-bond donors (Lipinski definition) is 2. The smallest absolute Gasteiger partial charge is 0.341 e. The van der Waals surface area contributed by atoms with E-state index in [0.29, 0.717) is 5.92 Å². The third kappa shape index (κ3) is 3.05. The Kier molecular flexibility index (Phi) is 4.29. The summed E-state index contributed by atoms with van der Waals surface area (Å²) < 4.78 is 4.76. The van der Waals surface area contributed by atoms with E-state index in [1.165, 1.54) is 7.11 Å². The molecule has 0 bridgehead atoms. The van der Waals surface area contributed by atoms with Gasteiger partial charge < -0.3 is 15.4 Å². The number of pyridine rings is 1. The molecule has 0 unspecified atom stereocenters. The predicted molar refractivity (Wildman–Crippen MR) is 87.0 cm³/mol. The van der Waals surface area contributed by atoms with Gasteiger partial charge in [0.2, 0.25) is 0 Å². The second-order valence-electron chi connectivity index (χ2n) is 5.92. The molecule has 1 aliphatic rings. The lowest BCUT2D eigenvalue weighted by Crippen LogP contribution is -2.29. The summed E-state index contributed by atoms with van der Waals surface area (Å²) in [6.45, 7) is 2.13. The summed E-state index contributed by atoms with van der Waals surface area (Å²) in [5.41, 5.74) is 8.94. The molecular weight excluding hydrogens is 294 g/mol. The Balaban J connectivity index is 1.94. The van der Waals surface area contributed by atoms with Crippen molar-refractivity contribution in [2.45, 2.75) is 18.8 Å². The molecule has 0 saturated carbocycles. The van der Waals surface area contributed by atoms with Crippen molar-refractivity contribution < 1.29 is 9.53 Å². The summed E-state index contributed by atoms with van der Waals surface area (Å²) >= 11 is 0. The third-order valence-electron chi connectivity index (χ3n) is 4.43. The highest BCUT2D eigenvalue weighted by Gasteiger charge is 2.23. The Morgan fingerprint density at radius 2 is 2.13 bits per heavy atom. The van der Waals surface area contributed by atoms with Crippen molar-refractivity contribution in [2.24, 2.45) is 0 Å². The minimum absolute atomic E-state index is 0.171. The van der Waals surface area contributed by atoms with Crippen molar-refractivity contribution in [3.8, 4) is 11.1 Å². The summed E-state index contributed by atoms with van der Waals surface area (Å²) in [6.07, 6.45) is 5.61. The van der Waals surface area contributed by atoms with Crippen LogP contribution < -0.4 is 5.73 Å². The minimum atomic E-state index is -0.485. The van der Waals surface area contributed by atoms with Crippen LogP contribution in [0.25, 0.3) is 11.1 Å². The van der Waals surface area contributed by atoms with E-state index >= 15 is 0 Å². The number of carbonyl (C=O) groups is 1. The number of nitrogens with one attached hydrogen (secondary N) is 1. The molecule has 0 radical (unpaired) electrons. The van der Waals surface area contributed by atoms with Crippen molar-refractivity contribution in [3.63, 3.8) is 0 Å². The fourth-order valence-corrected chi connectivity index (χ4v) is 3.03. The Bertz CT molecular complexity index is 704. The summed E-state index contributed by atoms with van der Waals surface area (Å²) in [6, 6.07) is 1.72. The van der Waals surface area contributed by atoms with Gasteiger partial charge in [0.25, 0.3) is 0 Å². The number of ether oxygens (including phenoxy) is 1. The maximum absolute atomic E-state index is 11.8. The van der Waals surface area contributed by atoms with Gasteiger partial charge in [-0.2, -0.15) is 5.10 Å². The monoisotopic (exact) mass is 315 g/mol. The van der Waals surface area contributed by atoms with Crippen LogP contribution in [0, 0.1) is 0 Å². The lowest BCUT2D eigenvalue weighted by Gasteiger charge is -2.28. The van der Waals surface area contributed by atoms with Gasteiger partial charge in [-0.25, -0.2) is 9.78 Å². The second-order valence-corrected chi connectivity index (χ2v) is 5.92. The standard InChI is InChI=1S/C16H21N5O2/c1-21-5-3-10(4-6-21)14-13(9-19-20-14)11-7-12(16(22)23-2)15(17)18-8-11/h7-10H,3-6H2,1-2H3,(H2,17,18)(H,19,20). The van der Waals surface area contributed by atoms with Gasteiger partial charge in [-0.05, 0) is 39.0 Å². The number of aromatic nitrogens is 3. The molecule has 1 saturated heterocycles. The largest absolute Gasteiger partial charge is 0.465 e. The number of nitrogen functional groups attached to an aromatic ring is 1. The van der Waals surface area contributed by atoms with E-state index in [1.54, 1.807) is 18.5 Å². The SMILES string of the molecule is COC(=O)c1cc(-c2cn[nH]c2C2CCN(C)CC2)cnc1N. The van der Waals surface area contributed by atoms with Crippen LogP contribution in [0.2, 0.25) is 0 Å². The van der Waals surface area contributed by atoms with Gasteiger partial charge in [-0.3, -0.25) is 5.10 Å². The molecule has 2 aromatic heterocycles. The first kappa shape index (κ1) is 15.5. The van der Waals surface area contributed by atoms with Gasteiger partial charge in [0, 0.05) is 28.9 Å². The van der Waals surface area contributed by atoms with Crippen molar-refractivity contribution in [1.82, 2.24) is 20.1 Å². The van der Waals surface area contributed by atoms with Gasteiger partial charge in [0.15, 0.2) is 0 Å². The molecule has 0 aromatic carbocycles. The number of carbonyl (C=O) groups excluding carboxylic acids is 1. The number of nitrogens with two attached hydrogens (primary N) is 1. The zero-order chi connectivity index (χ0) is 16.4. The number of anilines is 1. The number of rotatable bonds is 3. The first-order valence-electron chi connectivity index (χ1n) is 7.66. The zero-order valence-electron chi connectivity index (χ0n) is 13.4. The molecule has 3 N–H and O–H groups in total. The highest BCUT2D eigenvalue weighted by Crippen LogP contribution is 2.34. The van der Waals surface area contributed by atoms with E-state index in [-0.39, 0.29) is 11.4 Å². The molecular formula is C16H21N5O2. The van der Waals surface area contributed by atoms with E-state index in [9.17, 15) is 4.79 Å². The number of methoxy groups -OCH3 is 1. The number of hydrogen-bond acceptors (Lipinski definition) is 6. The first-order valence-corrected chi connectivity index (χ1v) is 7.66. The normalized spacial score (nSPS) is 16.4. The summed E-state index contributed by atoms with van der Waals surface area (Å²) in [4.78, 5) is 18.3. The van der Waals surface area contributed by atoms with Crippen LogP contribution in [0.5, 0.6) is 0 Å². The van der Waals surface area contributed by atoms with E-state index < -0.39 is 5.97 Å². The summed E-state index contributed by atoms with van der Waals surface area (Å²) in [7, 11) is 3.47. The molecule has 7 heteroatoms. The molecule has 1 aliphatic heterocycles. The van der Waals surface area contributed by atoms with Crippen LogP contribution in [0.1, 0.15) is 34.8 Å². The Morgan fingerprint density at radius 3 is 2.83 bits per heavy atom. The van der Waals surface area contributed by atoms with E-state index in [4.69, 9.17) is 10.5 Å². The molecule has 3 rings (SSSR count). The predicted octanol–water partition coefficient (Wildman–Crippen LogP) is 1.65. The lowest BCUT2D eigenvalue weighted by molar-refractivity contribution is 0.0601. The number of H-pyrrole nitrogens is 1. The molecule has 7 nitrogen and oxygen atoms in total. The number of likely N-dealkylation sites (tertiary alicyclic amines) is 1. The molecule has 1 fully saturated rings. The van der Waals surface area contributed by atoms with Crippen LogP contribution in [0.3, 0.4) is 0 Å². The first-order chi connectivity index (χ1) is 11.1. The molecule has 0 amide bonds. The van der Waals surface area contributed by atoms with E-state index in [0.717, 1.165) is 42.8 Å². The quantitative estimate of drug-likeness (QED) is 0.836. The van der Waals surface area contributed by atoms with E-state index in [1.807, 2.05) is 0 Å². The number of nitrogens with zero attached hydrogens (tertiary/aromatic N) is 3. The fourth-order valence-electron chi connectivity index (χ4n) is 3.03. The van der Waals surface area contributed by atoms with Crippen molar-refractivity contribution in [1.29, 1.82) is 0 Å². The van der Waals surface area contributed by atoms with Crippen LogP contribution in [-0.2, 0) is 4.74 Å². The molecule has 0 spiro atoms. The molecule has 3 heterocycles. The number of piperidine rings is 1. The van der Waals surface area contributed by atoms with Crippen LogP contribution in [0.15, 0.2) is 18.5 Å². The molecule has 0 atom stereocenters. The topological polar surface area (TPSA) is 97.1 Å². The van der Waals surface area contributed by atoms with Gasteiger partial charge in [0.1, 0.15) is 11.4 Å². The maximum Gasteiger partial charge on any atom is 0.341 e. The maximum atomic E-state index is 11.8. The second kappa shape index (κ2) is 6.37. The average Bonchev–Trinajstić information content (AvgIpc) is 3.05. The summed E-state index contributed by atoms with van der Waals surface area (Å²) in [5.74, 6) is 0.119. The Hall–Kier alpha value is -2.41. The number of aromatic amines is 1. The zero-order valence-corrected chi connectivity index (χ0v) is 13.4. The van der Waals surface area contributed by atoms with Crippen LogP contribution >= 0.6 is 0 Å². The van der Waals surface area contributed by atoms with Crippen molar-refractivity contribution >= 4 is 11.8 Å². The molecule has 2 aromatic rings. The Labute approximate surface area is 134 Å². The fraction of sp³-hybridized carbons (Fsp3) is 0.438. The molecule has 23 heavy (non-hydrogen) atoms. The molecule has 122 valence electrons. The average molecular weight is 315 g/mol. The Morgan fingerprint density at radius 1 is 1.39 bits per heavy atom. The van der Waals surface area contributed by atoms with E-state index in [2.05, 4.69) is 27.1 Å². The van der Waals surface area contributed by atoms with Gasteiger partial charge in [-0.15, -0.1) is 0 Å². The van der Waals surface area contributed by atoms with Crippen molar-refractivity contribution in [2.75, 3.05) is 33.0 Å². The lowest BCUT2D eigenvalue weighted by atomic mass is 9.90. The third-order valence-corrected chi connectivity index (χ3v) is 4.43. The van der Waals surface area contributed by atoms with Gasteiger partial charge in [-0.1, -0.05) is 0 Å². The minimum Gasteiger partial charge on any atom is -0.465 e. The highest BCUT2D eigenvalue weighted by molar-refractivity contribution is 5.95.